The van der Waals surface area contributed by atoms with Crippen molar-refractivity contribution in [2.45, 2.75) is 50.5 Å². The van der Waals surface area contributed by atoms with Gasteiger partial charge >= 0.3 is 17.8 Å². The molecule has 144 valence electrons. The Labute approximate surface area is 152 Å². The summed E-state index contributed by atoms with van der Waals surface area (Å²) in [5.41, 5.74) is -3.52. The standard InChI is InChI=1S/C18H18F3N3O3/c19-18(20,21)17(23-24-17)12-3-1-2-11(8-12)9-22-13(25)15-4-6-16(10-15,7-5-15)14(26)27/h1-3,8H,4-7,9-10H2,(H,22,25)(H,26,27). The highest BCUT2D eigenvalue weighted by molar-refractivity contribution is 5.87. The Kier molecular flexibility index (Phi) is 3.67. The van der Waals surface area contributed by atoms with E-state index < -0.39 is 28.6 Å². The molecule has 1 heterocycles. The van der Waals surface area contributed by atoms with Crippen LogP contribution in [-0.2, 0) is 21.8 Å². The second kappa shape index (κ2) is 5.53. The van der Waals surface area contributed by atoms with Crippen LogP contribution in [0.1, 0.15) is 43.2 Å². The molecule has 2 saturated carbocycles. The number of nitrogens with one attached hydrogen (secondary N) is 1. The molecule has 2 bridgehead atoms. The van der Waals surface area contributed by atoms with Crippen molar-refractivity contribution >= 4 is 11.9 Å². The summed E-state index contributed by atoms with van der Waals surface area (Å²) in [7, 11) is 0. The summed E-state index contributed by atoms with van der Waals surface area (Å²) in [5, 5.41) is 18.6. The maximum Gasteiger partial charge on any atom is 0.442 e. The fourth-order valence-electron chi connectivity index (χ4n) is 4.52. The lowest BCUT2D eigenvalue weighted by Gasteiger charge is -2.25. The number of carboxylic acids is 1. The molecule has 1 aromatic carbocycles. The van der Waals surface area contributed by atoms with Crippen LogP contribution >= 0.6 is 0 Å². The second-order valence-electron chi connectivity index (χ2n) is 7.80. The number of carbonyl (C=O) groups excluding carboxylic acids is 1. The van der Waals surface area contributed by atoms with Gasteiger partial charge in [-0.25, -0.2) is 0 Å². The number of halogens is 3. The summed E-state index contributed by atoms with van der Waals surface area (Å²) in [6.07, 6.45) is -2.23. The van der Waals surface area contributed by atoms with Gasteiger partial charge in [0.25, 0.3) is 0 Å². The lowest BCUT2D eigenvalue weighted by Crippen LogP contribution is -2.37. The number of fused-ring (bicyclic) bond motifs is 2. The Morgan fingerprint density at radius 2 is 1.74 bits per heavy atom. The molecular weight excluding hydrogens is 363 g/mol. The van der Waals surface area contributed by atoms with Crippen molar-refractivity contribution in [2.75, 3.05) is 0 Å². The molecule has 1 aliphatic heterocycles. The van der Waals surface area contributed by atoms with Crippen LogP contribution in [-0.4, -0.2) is 23.2 Å². The summed E-state index contributed by atoms with van der Waals surface area (Å²) in [5.74, 6) is -1.07. The molecule has 0 spiro atoms. The zero-order valence-electron chi connectivity index (χ0n) is 14.3. The van der Waals surface area contributed by atoms with E-state index in [1.807, 2.05) is 0 Å². The molecule has 2 fully saturated rings. The first-order chi connectivity index (χ1) is 12.6. The summed E-state index contributed by atoms with van der Waals surface area (Å²) < 4.78 is 39.4. The van der Waals surface area contributed by atoms with Gasteiger partial charge < -0.3 is 10.4 Å². The molecule has 2 aliphatic carbocycles. The third kappa shape index (κ3) is 2.62. The van der Waals surface area contributed by atoms with Crippen molar-refractivity contribution in [1.29, 1.82) is 0 Å². The van der Waals surface area contributed by atoms with Crippen molar-refractivity contribution in [3.63, 3.8) is 0 Å². The molecule has 0 unspecified atom stereocenters. The van der Waals surface area contributed by atoms with E-state index in [0.717, 1.165) is 0 Å². The smallest absolute Gasteiger partial charge is 0.442 e. The van der Waals surface area contributed by atoms with Crippen molar-refractivity contribution in [2.24, 2.45) is 21.1 Å². The molecule has 3 aliphatic rings. The minimum absolute atomic E-state index is 0.0719. The summed E-state index contributed by atoms with van der Waals surface area (Å²) in [4.78, 5) is 24.2. The zero-order chi connectivity index (χ0) is 19.5. The molecule has 0 radical (unpaired) electrons. The Morgan fingerprint density at radius 3 is 2.26 bits per heavy atom. The minimum Gasteiger partial charge on any atom is -0.481 e. The molecule has 0 saturated heterocycles. The minimum atomic E-state index is -4.60. The number of benzene rings is 1. The maximum absolute atomic E-state index is 13.1. The number of carbonyl (C=O) groups is 2. The molecule has 2 N–H and O–H groups in total. The molecule has 1 amide bonds. The number of hydrogen-bond acceptors (Lipinski definition) is 4. The predicted molar refractivity (Wildman–Crippen MR) is 86.5 cm³/mol. The Hall–Kier alpha value is -2.45. The summed E-state index contributed by atoms with van der Waals surface area (Å²) in [6.45, 7) is 0.0719. The van der Waals surface area contributed by atoms with E-state index in [-0.39, 0.29) is 18.0 Å². The van der Waals surface area contributed by atoms with Gasteiger partial charge in [-0.05, 0) is 43.7 Å². The highest BCUT2D eigenvalue weighted by Crippen LogP contribution is 2.61. The molecule has 9 heteroatoms. The van der Waals surface area contributed by atoms with E-state index in [1.165, 1.54) is 18.2 Å². The number of rotatable bonds is 5. The Balaban J connectivity index is 1.44. The molecule has 6 nitrogen and oxygen atoms in total. The third-order valence-corrected chi connectivity index (χ3v) is 6.25. The van der Waals surface area contributed by atoms with Gasteiger partial charge in [-0.3, -0.25) is 9.59 Å². The number of hydrogen-bond donors (Lipinski definition) is 2. The van der Waals surface area contributed by atoms with Crippen molar-refractivity contribution in [3.8, 4) is 0 Å². The van der Waals surface area contributed by atoms with Crippen molar-refractivity contribution < 1.29 is 27.9 Å². The van der Waals surface area contributed by atoms with E-state index in [1.54, 1.807) is 6.07 Å². The molecule has 0 atom stereocenters. The van der Waals surface area contributed by atoms with Crippen molar-refractivity contribution in [3.05, 3.63) is 35.4 Å². The monoisotopic (exact) mass is 381 g/mol. The van der Waals surface area contributed by atoms with Crippen LogP contribution in [0.15, 0.2) is 34.5 Å². The molecule has 27 heavy (non-hydrogen) atoms. The lowest BCUT2D eigenvalue weighted by molar-refractivity contribution is -0.166. The lowest BCUT2D eigenvalue weighted by atomic mass is 9.81. The first-order valence-corrected chi connectivity index (χ1v) is 8.75. The van der Waals surface area contributed by atoms with Gasteiger partial charge in [-0.1, -0.05) is 18.2 Å². The summed E-state index contributed by atoms with van der Waals surface area (Å²) in [6, 6.07) is 5.76. The maximum atomic E-state index is 13.1. The van der Waals surface area contributed by atoms with Crippen LogP contribution in [0, 0.1) is 10.8 Å². The third-order valence-electron chi connectivity index (χ3n) is 6.25. The first kappa shape index (κ1) is 17.9. The Bertz CT molecular complexity index is 836. The van der Waals surface area contributed by atoms with Gasteiger partial charge in [0, 0.05) is 12.1 Å². The summed E-state index contributed by atoms with van der Waals surface area (Å²) >= 11 is 0. The number of alkyl halides is 3. The predicted octanol–water partition coefficient (Wildman–Crippen LogP) is 3.52. The first-order valence-electron chi connectivity index (χ1n) is 8.75. The van der Waals surface area contributed by atoms with Crippen LogP contribution in [0.5, 0.6) is 0 Å². The fraction of sp³-hybridized carbons (Fsp3) is 0.556. The second-order valence-corrected chi connectivity index (χ2v) is 7.80. The number of carboxylic acid groups (broad SMARTS) is 1. The van der Waals surface area contributed by atoms with E-state index in [9.17, 15) is 27.9 Å². The van der Waals surface area contributed by atoms with Crippen LogP contribution in [0.3, 0.4) is 0 Å². The highest BCUT2D eigenvalue weighted by Gasteiger charge is 2.65. The van der Waals surface area contributed by atoms with Gasteiger partial charge in [-0.15, -0.1) is 10.2 Å². The number of aliphatic carboxylic acids is 1. The largest absolute Gasteiger partial charge is 0.481 e. The van der Waals surface area contributed by atoms with Crippen LogP contribution < -0.4 is 5.32 Å². The van der Waals surface area contributed by atoms with E-state index in [2.05, 4.69) is 15.5 Å². The van der Waals surface area contributed by atoms with Crippen LogP contribution in [0.25, 0.3) is 0 Å². The molecular formula is C18H18F3N3O3. The van der Waals surface area contributed by atoms with Gasteiger partial charge in [0.15, 0.2) is 0 Å². The topological polar surface area (TPSA) is 91.1 Å². The Morgan fingerprint density at radius 1 is 1.11 bits per heavy atom. The van der Waals surface area contributed by atoms with Gasteiger partial charge in [0.05, 0.1) is 10.8 Å². The average molecular weight is 381 g/mol. The van der Waals surface area contributed by atoms with Crippen LogP contribution in [0.4, 0.5) is 13.2 Å². The fourth-order valence-corrected chi connectivity index (χ4v) is 4.52. The zero-order valence-corrected chi connectivity index (χ0v) is 14.3. The average Bonchev–Trinajstić information content (AvgIpc) is 3.25. The van der Waals surface area contributed by atoms with Crippen LogP contribution in [0.2, 0.25) is 0 Å². The quantitative estimate of drug-likeness (QED) is 0.818. The van der Waals surface area contributed by atoms with E-state index in [4.69, 9.17) is 0 Å². The number of amides is 1. The molecule has 4 rings (SSSR count). The van der Waals surface area contributed by atoms with E-state index >= 15 is 0 Å². The molecule has 0 aromatic heterocycles. The van der Waals surface area contributed by atoms with Gasteiger partial charge in [-0.2, -0.15) is 13.2 Å². The van der Waals surface area contributed by atoms with E-state index in [0.29, 0.717) is 37.7 Å². The van der Waals surface area contributed by atoms with Gasteiger partial charge in [0.2, 0.25) is 5.91 Å². The normalized spacial score (nSPS) is 30.3. The highest BCUT2D eigenvalue weighted by atomic mass is 19.4. The van der Waals surface area contributed by atoms with Crippen molar-refractivity contribution in [1.82, 2.24) is 5.32 Å². The molecule has 1 aromatic rings. The van der Waals surface area contributed by atoms with Gasteiger partial charge in [0.1, 0.15) is 0 Å². The SMILES string of the molecule is O=C(O)C12CCC(C(=O)NCc3cccc(C4(C(F)(F)F)N=N4)c3)(CC1)C2. The number of nitrogens with zero attached hydrogens (tertiary/aromatic N) is 2.